The van der Waals surface area contributed by atoms with Gasteiger partial charge in [0.05, 0.1) is 14.8 Å². The topological polar surface area (TPSA) is 129 Å². The molecular weight excluding hydrogens is 246 g/mol. The van der Waals surface area contributed by atoms with Crippen LogP contribution < -0.4 is 0 Å². The van der Waals surface area contributed by atoms with Gasteiger partial charge in [-0.1, -0.05) is 6.08 Å². The molecule has 0 radical (unpaired) electrons. The second-order valence-electron chi connectivity index (χ2n) is 3.21. The van der Waals surface area contributed by atoms with E-state index in [-0.39, 0.29) is 12.0 Å². The van der Waals surface area contributed by atoms with Crippen LogP contribution in [0, 0.1) is 30.3 Å². The van der Waals surface area contributed by atoms with Gasteiger partial charge in [0.25, 0.3) is 0 Å². The number of nitro benzene ring substituents is 3. The van der Waals surface area contributed by atoms with E-state index < -0.39 is 31.8 Å². The van der Waals surface area contributed by atoms with Crippen LogP contribution in [-0.2, 0) is 6.42 Å². The lowest BCUT2D eigenvalue weighted by molar-refractivity contribution is -0.441. The molecule has 0 spiro atoms. The van der Waals surface area contributed by atoms with Crippen molar-refractivity contribution < 1.29 is 14.8 Å². The largest absolute Gasteiger partial charge is 0.422 e. The summed E-state index contributed by atoms with van der Waals surface area (Å²) in [6.45, 7) is 3.36. The summed E-state index contributed by atoms with van der Waals surface area (Å²) in [5.41, 5.74) is -2.87. The second kappa shape index (κ2) is 4.99. The van der Waals surface area contributed by atoms with Crippen molar-refractivity contribution in [3.8, 4) is 0 Å². The first-order valence-electron chi connectivity index (χ1n) is 4.60. The van der Waals surface area contributed by atoms with Gasteiger partial charge in [0.15, 0.2) is 0 Å². The van der Waals surface area contributed by atoms with E-state index in [2.05, 4.69) is 6.58 Å². The summed E-state index contributed by atoms with van der Waals surface area (Å²) in [7, 11) is 0. The molecule has 0 bridgehead atoms. The minimum Gasteiger partial charge on any atom is -0.258 e. The highest BCUT2D eigenvalue weighted by Crippen LogP contribution is 2.38. The van der Waals surface area contributed by atoms with E-state index in [0.29, 0.717) is 0 Å². The van der Waals surface area contributed by atoms with Crippen molar-refractivity contribution in [1.29, 1.82) is 0 Å². The van der Waals surface area contributed by atoms with Crippen molar-refractivity contribution in [3.63, 3.8) is 0 Å². The quantitative estimate of drug-likeness (QED) is 0.448. The van der Waals surface area contributed by atoms with Crippen LogP contribution in [0.1, 0.15) is 5.56 Å². The number of hydrogen-bond donors (Lipinski definition) is 0. The highest BCUT2D eigenvalue weighted by molar-refractivity contribution is 5.69. The minimum atomic E-state index is -1.12. The number of nitro groups is 3. The third-order valence-electron chi connectivity index (χ3n) is 2.14. The Morgan fingerprint density at radius 1 is 1.00 bits per heavy atom. The summed E-state index contributed by atoms with van der Waals surface area (Å²) in [5.74, 6) is 0. The lowest BCUT2D eigenvalue weighted by atomic mass is 10.1. The predicted molar refractivity (Wildman–Crippen MR) is 60.3 cm³/mol. The number of rotatable bonds is 5. The van der Waals surface area contributed by atoms with Gasteiger partial charge in [0, 0.05) is 11.6 Å². The zero-order chi connectivity index (χ0) is 13.9. The van der Waals surface area contributed by atoms with Crippen LogP contribution in [0.4, 0.5) is 17.1 Å². The van der Waals surface area contributed by atoms with E-state index in [1.807, 2.05) is 0 Å². The van der Waals surface area contributed by atoms with Crippen LogP contribution in [0.5, 0.6) is 0 Å². The maximum Gasteiger partial charge on any atom is 0.422 e. The molecule has 0 unspecified atom stereocenters. The monoisotopic (exact) mass is 253 g/mol. The summed E-state index contributed by atoms with van der Waals surface area (Å²) in [4.78, 5) is 29.1. The van der Waals surface area contributed by atoms with Crippen molar-refractivity contribution in [3.05, 3.63) is 60.7 Å². The Labute approximate surface area is 99.8 Å². The maximum atomic E-state index is 10.8. The van der Waals surface area contributed by atoms with Crippen LogP contribution in [-0.4, -0.2) is 14.8 Å². The standard InChI is InChI=1S/C9H7N3O6/c1-2-3-6-4-5-7(10(13)14)9(12(17)18)8(6)11(15)16/h2,4-5H,1,3H2. The van der Waals surface area contributed by atoms with Crippen molar-refractivity contribution in [2.45, 2.75) is 6.42 Å². The first kappa shape index (κ1) is 13.2. The molecule has 1 aromatic carbocycles. The van der Waals surface area contributed by atoms with E-state index in [9.17, 15) is 30.3 Å². The Balaban J connectivity index is 3.70. The first-order chi connectivity index (χ1) is 8.40. The van der Waals surface area contributed by atoms with Gasteiger partial charge in [-0.3, -0.25) is 30.3 Å². The molecule has 18 heavy (non-hydrogen) atoms. The van der Waals surface area contributed by atoms with E-state index in [1.165, 1.54) is 6.08 Å². The molecule has 0 atom stereocenters. The zero-order valence-electron chi connectivity index (χ0n) is 8.94. The van der Waals surface area contributed by atoms with Crippen LogP contribution in [0.15, 0.2) is 24.8 Å². The Kier molecular flexibility index (Phi) is 3.67. The molecule has 0 aliphatic carbocycles. The molecule has 0 aliphatic rings. The summed E-state index contributed by atoms with van der Waals surface area (Å²) >= 11 is 0. The van der Waals surface area contributed by atoms with Gasteiger partial charge in [0.2, 0.25) is 0 Å². The lowest BCUT2D eigenvalue weighted by Gasteiger charge is -2.01. The smallest absolute Gasteiger partial charge is 0.258 e. The van der Waals surface area contributed by atoms with Crippen LogP contribution in [0.25, 0.3) is 0 Å². The Hall–Kier alpha value is -2.84. The third kappa shape index (κ3) is 2.29. The van der Waals surface area contributed by atoms with E-state index in [1.54, 1.807) is 0 Å². The number of hydrogen-bond acceptors (Lipinski definition) is 6. The molecule has 0 N–H and O–H groups in total. The van der Waals surface area contributed by atoms with Gasteiger partial charge in [-0.05, 0) is 12.5 Å². The van der Waals surface area contributed by atoms with Gasteiger partial charge in [0.1, 0.15) is 0 Å². The molecule has 94 valence electrons. The molecule has 1 aromatic rings. The second-order valence-corrected chi connectivity index (χ2v) is 3.21. The van der Waals surface area contributed by atoms with Gasteiger partial charge in [-0.2, -0.15) is 0 Å². The highest BCUT2D eigenvalue weighted by atomic mass is 16.6. The predicted octanol–water partition coefficient (Wildman–Crippen LogP) is 2.14. The summed E-state index contributed by atoms with van der Waals surface area (Å²) in [6, 6.07) is 1.99. The molecule has 0 aliphatic heterocycles. The van der Waals surface area contributed by atoms with Crippen molar-refractivity contribution in [1.82, 2.24) is 0 Å². The number of nitrogens with zero attached hydrogens (tertiary/aromatic N) is 3. The van der Waals surface area contributed by atoms with Gasteiger partial charge in [-0.15, -0.1) is 6.58 Å². The minimum absolute atomic E-state index is 0.00676. The molecule has 0 fully saturated rings. The van der Waals surface area contributed by atoms with Crippen LogP contribution in [0.2, 0.25) is 0 Å². The maximum absolute atomic E-state index is 10.8. The third-order valence-corrected chi connectivity index (χ3v) is 2.14. The average molecular weight is 253 g/mol. The van der Waals surface area contributed by atoms with Crippen molar-refractivity contribution in [2.75, 3.05) is 0 Å². The molecule has 0 heterocycles. The highest BCUT2D eigenvalue weighted by Gasteiger charge is 2.37. The normalized spacial score (nSPS) is 9.78. The zero-order valence-corrected chi connectivity index (χ0v) is 8.94. The van der Waals surface area contributed by atoms with E-state index >= 15 is 0 Å². The molecule has 9 nitrogen and oxygen atoms in total. The molecule has 1 rings (SSSR count). The van der Waals surface area contributed by atoms with E-state index in [0.717, 1.165) is 12.1 Å². The fraction of sp³-hybridized carbons (Fsp3) is 0.111. The average Bonchev–Trinajstić information content (AvgIpc) is 2.27. The molecule has 9 heteroatoms. The first-order valence-corrected chi connectivity index (χ1v) is 4.60. The SMILES string of the molecule is C=CCc1ccc([N+](=O)[O-])c([N+](=O)[O-])c1[N+](=O)[O-]. The van der Waals surface area contributed by atoms with Crippen LogP contribution in [0.3, 0.4) is 0 Å². The van der Waals surface area contributed by atoms with Gasteiger partial charge in [-0.25, -0.2) is 0 Å². The number of benzene rings is 1. The van der Waals surface area contributed by atoms with Gasteiger partial charge < -0.3 is 0 Å². The molecule has 0 saturated carbocycles. The van der Waals surface area contributed by atoms with Crippen molar-refractivity contribution in [2.24, 2.45) is 0 Å². The van der Waals surface area contributed by atoms with E-state index in [4.69, 9.17) is 0 Å². The summed E-state index contributed by atoms with van der Waals surface area (Å²) < 4.78 is 0. The van der Waals surface area contributed by atoms with Crippen LogP contribution >= 0.6 is 0 Å². The van der Waals surface area contributed by atoms with Crippen molar-refractivity contribution >= 4 is 17.1 Å². The Morgan fingerprint density at radius 3 is 1.94 bits per heavy atom. The summed E-state index contributed by atoms with van der Waals surface area (Å²) in [6.07, 6.45) is 1.33. The number of allylic oxidation sites excluding steroid dienone is 1. The Bertz CT molecular complexity index is 553. The molecule has 0 aromatic heterocycles. The molecular formula is C9H7N3O6. The lowest BCUT2D eigenvalue weighted by Crippen LogP contribution is -2.04. The molecule has 0 amide bonds. The fourth-order valence-corrected chi connectivity index (χ4v) is 1.46. The Morgan fingerprint density at radius 2 is 1.56 bits per heavy atom. The summed E-state index contributed by atoms with van der Waals surface area (Å²) in [5, 5.41) is 32.2. The fourth-order valence-electron chi connectivity index (χ4n) is 1.46. The molecule has 0 saturated heterocycles. The van der Waals surface area contributed by atoms with Gasteiger partial charge >= 0.3 is 17.1 Å².